The van der Waals surface area contributed by atoms with Crippen molar-refractivity contribution >= 4 is 6.03 Å². The fourth-order valence-electron chi connectivity index (χ4n) is 6.48. The second-order valence-electron chi connectivity index (χ2n) is 10.2. The number of hydrogen-bond acceptors (Lipinski definition) is 3. The van der Waals surface area contributed by atoms with Crippen molar-refractivity contribution in [3.8, 4) is 0 Å². The largest absolute Gasteiger partial charge is 0.396 e. The van der Waals surface area contributed by atoms with Gasteiger partial charge in [0.05, 0.1) is 6.10 Å². The summed E-state index contributed by atoms with van der Waals surface area (Å²) >= 11 is 0. The number of allylic oxidation sites excluding steroid dienone is 1. The molecule has 0 saturated heterocycles. The van der Waals surface area contributed by atoms with Crippen molar-refractivity contribution in [3.63, 3.8) is 0 Å². The van der Waals surface area contributed by atoms with E-state index in [1.807, 2.05) is 6.92 Å². The summed E-state index contributed by atoms with van der Waals surface area (Å²) in [5.41, 5.74) is 3.46. The van der Waals surface area contributed by atoms with Crippen LogP contribution < -0.4 is 10.6 Å². The molecule has 0 bridgehead atoms. The van der Waals surface area contributed by atoms with E-state index in [0.717, 1.165) is 32.1 Å². The molecule has 5 atom stereocenters. The van der Waals surface area contributed by atoms with Gasteiger partial charge in [0.1, 0.15) is 0 Å². The molecule has 2 amide bonds. The molecular formula is C23H40N2O3. The first kappa shape index (κ1) is 21.6. The van der Waals surface area contributed by atoms with E-state index < -0.39 is 0 Å². The number of hydrogen-bond donors (Lipinski definition) is 4. The Hall–Kier alpha value is -1.07. The highest BCUT2D eigenvalue weighted by molar-refractivity contribution is 5.73. The Morgan fingerprint density at radius 2 is 1.89 bits per heavy atom. The van der Waals surface area contributed by atoms with E-state index in [4.69, 9.17) is 0 Å². The maximum absolute atomic E-state index is 12.1. The standard InChI is InChI=1S/C23H40N2O3/c1-5-24-21(28)25-13-18-17-9-10-22(2,3)19(17)6-7-20(18)23(4)11-8-16(27)12-15(23)14-26/h15-16,18,20,26-27H,5-14H2,1-4H3,(H2,24,25,28)/t15-,16+,18+,20+,23-/m1/s1. The van der Waals surface area contributed by atoms with Gasteiger partial charge < -0.3 is 20.8 Å². The van der Waals surface area contributed by atoms with Gasteiger partial charge in [-0.2, -0.15) is 0 Å². The lowest BCUT2D eigenvalue weighted by molar-refractivity contribution is -0.0580. The van der Waals surface area contributed by atoms with Gasteiger partial charge in [-0.05, 0) is 74.5 Å². The third-order valence-corrected chi connectivity index (χ3v) is 8.26. The summed E-state index contributed by atoms with van der Waals surface area (Å²) in [4.78, 5) is 12.1. The number of carbonyl (C=O) groups excluding carboxylic acids is 1. The van der Waals surface area contributed by atoms with E-state index in [1.165, 1.54) is 6.42 Å². The summed E-state index contributed by atoms with van der Waals surface area (Å²) in [5, 5.41) is 26.3. The molecule has 4 N–H and O–H groups in total. The molecule has 0 aromatic heterocycles. The number of nitrogens with one attached hydrogen (secondary N) is 2. The van der Waals surface area contributed by atoms with Crippen LogP contribution in [0.2, 0.25) is 0 Å². The lowest BCUT2D eigenvalue weighted by atomic mass is 9.53. The van der Waals surface area contributed by atoms with Gasteiger partial charge in [0, 0.05) is 25.6 Å². The molecule has 3 aliphatic rings. The number of carbonyl (C=O) groups is 1. The Bertz CT molecular complexity index is 615. The number of amides is 2. The van der Waals surface area contributed by atoms with Crippen LogP contribution >= 0.6 is 0 Å². The molecule has 3 aliphatic carbocycles. The summed E-state index contributed by atoms with van der Waals surface area (Å²) in [7, 11) is 0. The molecule has 160 valence electrons. The minimum atomic E-state index is -0.291. The Morgan fingerprint density at radius 1 is 1.14 bits per heavy atom. The van der Waals surface area contributed by atoms with E-state index in [9.17, 15) is 15.0 Å². The van der Waals surface area contributed by atoms with E-state index in [0.29, 0.717) is 31.3 Å². The van der Waals surface area contributed by atoms with Crippen molar-refractivity contribution in [2.24, 2.45) is 28.6 Å². The van der Waals surface area contributed by atoms with Crippen molar-refractivity contribution in [1.29, 1.82) is 0 Å². The zero-order valence-electron chi connectivity index (χ0n) is 18.2. The second-order valence-corrected chi connectivity index (χ2v) is 10.2. The van der Waals surface area contributed by atoms with E-state index in [1.54, 1.807) is 11.1 Å². The Labute approximate surface area is 170 Å². The van der Waals surface area contributed by atoms with Gasteiger partial charge in [-0.3, -0.25) is 0 Å². The Balaban J connectivity index is 1.89. The minimum Gasteiger partial charge on any atom is -0.396 e. The molecule has 0 aromatic carbocycles. The van der Waals surface area contributed by atoms with Gasteiger partial charge in [-0.15, -0.1) is 0 Å². The topological polar surface area (TPSA) is 81.6 Å². The zero-order chi connectivity index (χ0) is 20.5. The fourth-order valence-corrected chi connectivity index (χ4v) is 6.48. The average molecular weight is 393 g/mol. The molecule has 3 rings (SSSR count). The van der Waals surface area contributed by atoms with Gasteiger partial charge >= 0.3 is 6.03 Å². The fraction of sp³-hybridized carbons (Fsp3) is 0.870. The van der Waals surface area contributed by atoms with Crippen LogP contribution in [0.25, 0.3) is 0 Å². The van der Waals surface area contributed by atoms with E-state index in [2.05, 4.69) is 31.4 Å². The van der Waals surface area contributed by atoms with Crippen molar-refractivity contribution in [2.75, 3.05) is 19.7 Å². The Morgan fingerprint density at radius 3 is 2.57 bits per heavy atom. The summed E-state index contributed by atoms with van der Waals surface area (Å²) in [6, 6.07) is -0.0887. The molecule has 28 heavy (non-hydrogen) atoms. The first-order valence-electron chi connectivity index (χ1n) is 11.3. The summed E-state index contributed by atoms with van der Waals surface area (Å²) < 4.78 is 0. The van der Waals surface area contributed by atoms with Gasteiger partial charge in [0.25, 0.3) is 0 Å². The molecule has 0 radical (unpaired) electrons. The zero-order valence-corrected chi connectivity index (χ0v) is 18.2. The number of rotatable bonds is 5. The van der Waals surface area contributed by atoms with Crippen LogP contribution in [0.5, 0.6) is 0 Å². The van der Waals surface area contributed by atoms with Crippen molar-refractivity contribution < 1.29 is 15.0 Å². The van der Waals surface area contributed by atoms with Gasteiger partial charge in [-0.1, -0.05) is 31.9 Å². The van der Waals surface area contributed by atoms with Crippen molar-refractivity contribution in [1.82, 2.24) is 10.6 Å². The minimum absolute atomic E-state index is 0.00677. The monoisotopic (exact) mass is 392 g/mol. The van der Waals surface area contributed by atoms with E-state index >= 15 is 0 Å². The number of aliphatic hydroxyl groups is 2. The normalized spacial score (nSPS) is 37.5. The molecule has 0 spiro atoms. The third-order valence-electron chi connectivity index (χ3n) is 8.26. The molecule has 1 fully saturated rings. The molecular weight excluding hydrogens is 352 g/mol. The van der Waals surface area contributed by atoms with E-state index in [-0.39, 0.29) is 35.5 Å². The van der Waals surface area contributed by atoms with Crippen LogP contribution in [-0.2, 0) is 0 Å². The molecule has 0 unspecified atom stereocenters. The molecule has 0 aliphatic heterocycles. The average Bonchev–Trinajstić information content (AvgIpc) is 2.97. The third kappa shape index (κ3) is 3.97. The summed E-state index contributed by atoms with van der Waals surface area (Å²) in [6.45, 7) is 10.4. The highest BCUT2D eigenvalue weighted by Gasteiger charge is 2.51. The van der Waals surface area contributed by atoms with Crippen LogP contribution in [0.3, 0.4) is 0 Å². The van der Waals surface area contributed by atoms with Crippen LogP contribution in [0, 0.1) is 28.6 Å². The molecule has 1 saturated carbocycles. The molecule has 5 nitrogen and oxygen atoms in total. The molecule has 0 aromatic rings. The maximum atomic E-state index is 12.1. The predicted molar refractivity (Wildman–Crippen MR) is 112 cm³/mol. The lowest BCUT2D eigenvalue weighted by Crippen LogP contribution is -2.50. The highest BCUT2D eigenvalue weighted by atomic mass is 16.3. The van der Waals surface area contributed by atoms with Gasteiger partial charge in [0.15, 0.2) is 0 Å². The lowest BCUT2D eigenvalue weighted by Gasteiger charge is -2.52. The van der Waals surface area contributed by atoms with Gasteiger partial charge in [0.2, 0.25) is 0 Å². The maximum Gasteiger partial charge on any atom is 0.314 e. The van der Waals surface area contributed by atoms with Crippen LogP contribution in [0.1, 0.15) is 72.6 Å². The van der Waals surface area contributed by atoms with Crippen molar-refractivity contribution in [3.05, 3.63) is 11.1 Å². The molecule has 5 heteroatoms. The van der Waals surface area contributed by atoms with Gasteiger partial charge in [-0.25, -0.2) is 4.79 Å². The first-order valence-corrected chi connectivity index (χ1v) is 11.3. The van der Waals surface area contributed by atoms with Crippen LogP contribution in [0.4, 0.5) is 4.79 Å². The SMILES string of the molecule is CCNC(=O)NC[C@H]1C2=C(CC[C@@H]1[C@]1(C)CC[C@H](O)C[C@@H]1CO)C(C)(C)CC2. The quantitative estimate of drug-likeness (QED) is 0.540. The predicted octanol–water partition coefficient (Wildman–Crippen LogP) is 3.61. The summed E-state index contributed by atoms with van der Waals surface area (Å²) in [5.74, 6) is 0.902. The van der Waals surface area contributed by atoms with Crippen LogP contribution in [-0.4, -0.2) is 42.0 Å². The summed E-state index contributed by atoms with van der Waals surface area (Å²) in [6.07, 6.45) is 6.75. The van der Waals surface area contributed by atoms with Crippen molar-refractivity contribution in [2.45, 2.75) is 78.7 Å². The number of aliphatic hydroxyl groups excluding tert-OH is 2. The number of urea groups is 1. The van der Waals surface area contributed by atoms with Crippen LogP contribution in [0.15, 0.2) is 11.1 Å². The smallest absolute Gasteiger partial charge is 0.314 e. The second kappa shape index (κ2) is 8.35. The highest BCUT2D eigenvalue weighted by Crippen LogP contribution is 2.59. The molecule has 0 heterocycles. The Kier molecular flexibility index (Phi) is 6.45. The first-order chi connectivity index (χ1) is 13.2.